The summed E-state index contributed by atoms with van der Waals surface area (Å²) < 4.78 is 32.0. The third kappa shape index (κ3) is 1.57. The van der Waals surface area contributed by atoms with E-state index in [-0.39, 0.29) is 5.69 Å². The van der Waals surface area contributed by atoms with Crippen LogP contribution in [0, 0.1) is 0 Å². The molecule has 0 saturated carbocycles. The molecule has 0 N–H and O–H groups in total. The summed E-state index contributed by atoms with van der Waals surface area (Å²) in [6, 6.07) is 6.20. The number of halogens is 2. The number of aromatic nitrogens is 3. The second-order valence-electron chi connectivity index (χ2n) is 3.45. The van der Waals surface area contributed by atoms with Crippen LogP contribution in [0.5, 0.6) is 0 Å². The molecule has 0 aliphatic carbocycles. The minimum atomic E-state index is -2.62. The van der Waals surface area contributed by atoms with Crippen LogP contribution in [0.15, 0.2) is 41.1 Å². The van der Waals surface area contributed by atoms with Crippen molar-refractivity contribution in [3.8, 4) is 11.5 Å². The van der Waals surface area contributed by atoms with Gasteiger partial charge in [-0.3, -0.25) is 0 Å². The Balaban J connectivity index is 2.27. The number of fused-ring (bicyclic) bond motifs is 1. The molecule has 0 spiro atoms. The molecule has 86 valence electrons. The van der Waals surface area contributed by atoms with E-state index in [0.29, 0.717) is 17.1 Å². The Labute approximate surface area is 94.5 Å². The van der Waals surface area contributed by atoms with E-state index in [1.54, 1.807) is 18.2 Å². The van der Waals surface area contributed by atoms with E-state index >= 15 is 0 Å². The summed E-state index contributed by atoms with van der Waals surface area (Å²) in [6.45, 7) is 0. The predicted molar refractivity (Wildman–Crippen MR) is 55.6 cm³/mol. The number of alkyl halides is 2. The Morgan fingerprint density at radius 1 is 1.29 bits per heavy atom. The Bertz CT molecular complexity index is 646. The van der Waals surface area contributed by atoms with Crippen LogP contribution in [0.3, 0.4) is 0 Å². The highest BCUT2D eigenvalue weighted by atomic mass is 19.3. The van der Waals surface area contributed by atoms with E-state index in [2.05, 4.69) is 10.1 Å². The molecule has 3 heterocycles. The first-order valence-electron chi connectivity index (χ1n) is 4.92. The zero-order chi connectivity index (χ0) is 11.8. The van der Waals surface area contributed by atoms with E-state index in [4.69, 9.17) is 4.42 Å². The maximum Gasteiger partial charge on any atom is 0.280 e. The molecule has 0 unspecified atom stereocenters. The van der Waals surface area contributed by atoms with E-state index in [9.17, 15) is 8.78 Å². The van der Waals surface area contributed by atoms with Crippen LogP contribution in [0.2, 0.25) is 0 Å². The van der Waals surface area contributed by atoms with Crippen LogP contribution in [0.25, 0.3) is 17.1 Å². The molecule has 0 aliphatic heterocycles. The summed E-state index contributed by atoms with van der Waals surface area (Å²) in [4.78, 5) is 4.19. The van der Waals surface area contributed by atoms with Crippen molar-refractivity contribution in [1.82, 2.24) is 14.6 Å². The van der Waals surface area contributed by atoms with Gasteiger partial charge in [-0.05, 0) is 18.2 Å². The Hall–Kier alpha value is -2.24. The van der Waals surface area contributed by atoms with Crippen LogP contribution in [-0.4, -0.2) is 14.6 Å². The summed E-state index contributed by atoms with van der Waals surface area (Å²) >= 11 is 0. The smallest absolute Gasteiger partial charge is 0.280 e. The van der Waals surface area contributed by atoms with Crippen LogP contribution >= 0.6 is 0 Å². The molecule has 3 aromatic rings. The molecule has 4 nitrogen and oxygen atoms in total. The Kier molecular flexibility index (Phi) is 2.14. The molecular weight excluding hydrogens is 228 g/mol. The Morgan fingerprint density at radius 2 is 2.18 bits per heavy atom. The summed E-state index contributed by atoms with van der Waals surface area (Å²) in [5.41, 5.74) is 0.541. The third-order valence-electron chi connectivity index (χ3n) is 2.38. The van der Waals surface area contributed by atoms with Gasteiger partial charge >= 0.3 is 0 Å². The molecule has 0 atom stereocenters. The van der Waals surface area contributed by atoms with Crippen LogP contribution in [-0.2, 0) is 0 Å². The van der Waals surface area contributed by atoms with Crippen molar-refractivity contribution in [2.75, 3.05) is 0 Å². The van der Waals surface area contributed by atoms with Crippen LogP contribution in [0.1, 0.15) is 12.1 Å². The molecule has 0 amide bonds. The molecule has 3 rings (SSSR count). The largest absolute Gasteiger partial charge is 0.463 e. The Morgan fingerprint density at radius 3 is 2.88 bits per heavy atom. The van der Waals surface area contributed by atoms with Crippen molar-refractivity contribution >= 4 is 5.65 Å². The summed E-state index contributed by atoms with van der Waals surface area (Å²) in [5.74, 6) is 0.454. The fourth-order valence-electron chi connectivity index (χ4n) is 1.64. The van der Waals surface area contributed by atoms with E-state index in [1.165, 1.54) is 18.5 Å². The summed E-state index contributed by atoms with van der Waals surface area (Å²) in [7, 11) is 0. The molecule has 0 radical (unpaired) electrons. The lowest BCUT2D eigenvalue weighted by Crippen LogP contribution is -2.01. The number of hydrogen-bond acceptors (Lipinski definition) is 3. The summed E-state index contributed by atoms with van der Waals surface area (Å²) in [5, 5.41) is 3.81. The topological polar surface area (TPSA) is 43.3 Å². The van der Waals surface area contributed by atoms with Crippen LogP contribution in [0.4, 0.5) is 8.78 Å². The average molecular weight is 235 g/mol. The number of furan rings is 1. The van der Waals surface area contributed by atoms with E-state index < -0.39 is 6.43 Å². The molecule has 0 bridgehead atoms. The maximum atomic E-state index is 12.9. The van der Waals surface area contributed by atoms with Gasteiger partial charge in [0.1, 0.15) is 11.4 Å². The molecule has 0 fully saturated rings. The number of nitrogens with zero attached hydrogens (tertiary/aromatic N) is 3. The highest BCUT2D eigenvalue weighted by molar-refractivity contribution is 5.57. The van der Waals surface area contributed by atoms with Gasteiger partial charge < -0.3 is 4.42 Å². The van der Waals surface area contributed by atoms with Gasteiger partial charge in [-0.1, -0.05) is 0 Å². The van der Waals surface area contributed by atoms with Crippen molar-refractivity contribution in [1.29, 1.82) is 0 Å². The molecule has 3 aromatic heterocycles. The van der Waals surface area contributed by atoms with Gasteiger partial charge in [0, 0.05) is 6.07 Å². The zero-order valence-corrected chi connectivity index (χ0v) is 8.55. The zero-order valence-electron chi connectivity index (χ0n) is 8.55. The number of hydrogen-bond donors (Lipinski definition) is 0. The third-order valence-corrected chi connectivity index (χ3v) is 2.38. The molecule has 0 aliphatic rings. The normalized spacial score (nSPS) is 11.5. The van der Waals surface area contributed by atoms with Crippen LogP contribution < -0.4 is 0 Å². The number of rotatable bonds is 2. The minimum absolute atomic E-state index is 0.202. The quantitative estimate of drug-likeness (QED) is 0.685. The van der Waals surface area contributed by atoms with Gasteiger partial charge in [0.05, 0.1) is 12.5 Å². The molecule has 0 aromatic carbocycles. The van der Waals surface area contributed by atoms with Crippen molar-refractivity contribution in [3.05, 3.63) is 42.4 Å². The second kappa shape index (κ2) is 3.65. The SMILES string of the molecule is FC(F)c1cc(-c2ccco2)nc2ccnn12. The highest BCUT2D eigenvalue weighted by Gasteiger charge is 2.16. The van der Waals surface area contributed by atoms with Gasteiger partial charge in [-0.15, -0.1) is 0 Å². The first-order valence-corrected chi connectivity index (χ1v) is 4.92. The van der Waals surface area contributed by atoms with Crippen molar-refractivity contribution < 1.29 is 13.2 Å². The van der Waals surface area contributed by atoms with Gasteiger partial charge in [0.2, 0.25) is 0 Å². The lowest BCUT2D eigenvalue weighted by Gasteiger charge is -2.05. The fourth-order valence-corrected chi connectivity index (χ4v) is 1.64. The molecule has 0 saturated heterocycles. The van der Waals surface area contributed by atoms with E-state index in [1.807, 2.05) is 0 Å². The first-order chi connectivity index (χ1) is 8.25. The van der Waals surface area contributed by atoms with Gasteiger partial charge in [-0.25, -0.2) is 18.3 Å². The van der Waals surface area contributed by atoms with Gasteiger partial charge in [-0.2, -0.15) is 5.10 Å². The highest BCUT2D eigenvalue weighted by Crippen LogP contribution is 2.25. The fraction of sp³-hybridized carbons (Fsp3) is 0.0909. The van der Waals surface area contributed by atoms with Crippen molar-refractivity contribution in [3.63, 3.8) is 0 Å². The molecular formula is C11H7F2N3O. The van der Waals surface area contributed by atoms with Gasteiger partial charge in [0.15, 0.2) is 11.4 Å². The lowest BCUT2D eigenvalue weighted by atomic mass is 10.2. The maximum absolute atomic E-state index is 12.9. The average Bonchev–Trinajstić information content (AvgIpc) is 2.98. The molecule has 6 heteroatoms. The minimum Gasteiger partial charge on any atom is -0.463 e. The second-order valence-corrected chi connectivity index (χ2v) is 3.45. The van der Waals surface area contributed by atoms with Gasteiger partial charge in [0.25, 0.3) is 6.43 Å². The standard InChI is InChI=1S/C11H7F2N3O/c12-11(13)8-6-7(9-2-1-5-17-9)15-10-3-4-14-16(8)10/h1-6,11H. The van der Waals surface area contributed by atoms with Crippen molar-refractivity contribution in [2.45, 2.75) is 6.43 Å². The van der Waals surface area contributed by atoms with E-state index in [0.717, 1.165) is 4.52 Å². The van der Waals surface area contributed by atoms with Crippen molar-refractivity contribution in [2.24, 2.45) is 0 Å². The monoisotopic (exact) mass is 235 g/mol. The first kappa shape index (κ1) is 9.95. The lowest BCUT2D eigenvalue weighted by molar-refractivity contribution is 0.143. The summed E-state index contributed by atoms with van der Waals surface area (Å²) in [6.07, 6.45) is 0.286. The predicted octanol–water partition coefficient (Wildman–Crippen LogP) is 2.93. The molecule has 17 heavy (non-hydrogen) atoms.